The fourth-order valence-electron chi connectivity index (χ4n) is 4.64. The van der Waals surface area contributed by atoms with Crippen molar-refractivity contribution < 1.29 is 5.11 Å². The van der Waals surface area contributed by atoms with Gasteiger partial charge in [0.05, 0.1) is 0 Å². The molecule has 3 atom stereocenters. The number of aromatic amines is 1. The van der Waals surface area contributed by atoms with Crippen molar-refractivity contribution in [2.24, 2.45) is 16.7 Å². The Balaban J connectivity index is 2.16. The van der Waals surface area contributed by atoms with Crippen LogP contribution in [0.2, 0.25) is 0 Å². The van der Waals surface area contributed by atoms with Crippen molar-refractivity contribution in [2.45, 2.75) is 52.7 Å². The molecule has 2 fully saturated rings. The Kier molecular flexibility index (Phi) is 2.52. The summed E-state index contributed by atoms with van der Waals surface area (Å²) in [4.78, 5) is 0. The van der Waals surface area contributed by atoms with Crippen LogP contribution in [0.4, 0.5) is 0 Å². The lowest BCUT2D eigenvalue weighted by Gasteiger charge is -2.43. The van der Waals surface area contributed by atoms with Crippen LogP contribution in [-0.4, -0.2) is 19.9 Å². The Hall–Kier alpha value is -0.680. The van der Waals surface area contributed by atoms with E-state index in [9.17, 15) is 5.11 Å². The average molecular weight is 267 g/mol. The maximum Gasteiger partial charge on any atom is 0.195 e. The normalized spacial score (nSPS) is 37.3. The number of aromatic nitrogens is 3. The highest BCUT2D eigenvalue weighted by Gasteiger charge is 2.60. The third-order valence-electron chi connectivity index (χ3n) is 5.37. The average Bonchev–Trinajstić information content (AvgIpc) is 2.89. The molecular weight excluding hydrogens is 246 g/mol. The third kappa shape index (κ3) is 1.40. The van der Waals surface area contributed by atoms with Gasteiger partial charge in [-0.3, -0.25) is 9.67 Å². The lowest BCUT2D eigenvalue weighted by molar-refractivity contribution is 0.0761. The predicted octanol–water partition coefficient (Wildman–Crippen LogP) is 2.82. The van der Waals surface area contributed by atoms with Crippen LogP contribution >= 0.6 is 12.2 Å². The van der Waals surface area contributed by atoms with E-state index in [4.69, 9.17) is 12.2 Å². The van der Waals surface area contributed by atoms with Gasteiger partial charge in [0.1, 0.15) is 6.61 Å². The second-order valence-electron chi connectivity index (χ2n) is 6.79. The molecule has 2 saturated carbocycles. The molecule has 1 heterocycles. The molecule has 4 nitrogen and oxygen atoms in total. The Morgan fingerprint density at radius 2 is 2.22 bits per heavy atom. The van der Waals surface area contributed by atoms with E-state index in [1.54, 1.807) is 0 Å². The highest BCUT2D eigenvalue weighted by Crippen LogP contribution is 2.68. The van der Waals surface area contributed by atoms with E-state index in [1.807, 2.05) is 0 Å². The first kappa shape index (κ1) is 12.4. The Bertz CT molecular complexity index is 528. The van der Waals surface area contributed by atoms with E-state index in [0.717, 1.165) is 5.92 Å². The highest BCUT2D eigenvalue weighted by atomic mass is 32.1. The van der Waals surface area contributed by atoms with E-state index in [1.165, 1.54) is 19.3 Å². The molecule has 0 spiro atoms. The lowest BCUT2D eigenvalue weighted by Crippen LogP contribution is -2.38. The van der Waals surface area contributed by atoms with E-state index in [2.05, 4.69) is 35.5 Å². The summed E-state index contributed by atoms with van der Waals surface area (Å²) in [6.45, 7) is 6.98. The van der Waals surface area contributed by atoms with Crippen molar-refractivity contribution >= 4 is 12.2 Å². The van der Waals surface area contributed by atoms with Gasteiger partial charge in [-0.25, -0.2) is 0 Å². The first-order chi connectivity index (χ1) is 8.40. The zero-order chi connectivity index (χ0) is 13.1. The van der Waals surface area contributed by atoms with Crippen LogP contribution in [-0.2, 0) is 6.61 Å². The topological polar surface area (TPSA) is 53.8 Å². The van der Waals surface area contributed by atoms with Gasteiger partial charge in [0.25, 0.3) is 0 Å². The maximum atomic E-state index is 9.47. The third-order valence-corrected chi connectivity index (χ3v) is 5.66. The molecule has 3 unspecified atom stereocenters. The van der Waals surface area contributed by atoms with Gasteiger partial charge in [-0.15, -0.1) is 0 Å². The number of H-pyrrole nitrogens is 1. The largest absolute Gasteiger partial charge is 0.388 e. The fraction of sp³-hybridized carbons (Fsp3) is 0.846. The molecule has 2 N–H and O–H groups in total. The standard InChI is InChI=1S/C13H21N3OS/c1-12(2)8-4-5-13(3,6-8)10(12)16-9(7-17)14-15-11(16)18/h8,10,17H,4-7H2,1-3H3,(H,15,18). The number of aliphatic hydroxyl groups excluding tert-OH is 1. The van der Waals surface area contributed by atoms with E-state index in [0.29, 0.717) is 22.1 Å². The molecule has 2 aliphatic carbocycles. The molecule has 0 amide bonds. The summed E-state index contributed by atoms with van der Waals surface area (Å²) in [7, 11) is 0. The summed E-state index contributed by atoms with van der Waals surface area (Å²) in [5.41, 5.74) is 0.513. The molecule has 0 aliphatic heterocycles. The van der Waals surface area contributed by atoms with Crippen LogP contribution in [0, 0.1) is 21.5 Å². The Labute approximate surface area is 112 Å². The summed E-state index contributed by atoms with van der Waals surface area (Å²) in [5, 5.41) is 16.5. The number of nitrogens with one attached hydrogen (secondary N) is 1. The fourth-order valence-corrected chi connectivity index (χ4v) is 4.89. The minimum Gasteiger partial charge on any atom is -0.388 e. The second-order valence-corrected chi connectivity index (χ2v) is 7.18. The molecule has 2 bridgehead atoms. The predicted molar refractivity (Wildman–Crippen MR) is 71.6 cm³/mol. The van der Waals surface area contributed by atoms with Crippen molar-refractivity contribution in [1.82, 2.24) is 14.8 Å². The maximum absolute atomic E-state index is 9.47. The SMILES string of the molecule is CC12CCC(C1)C(C)(C)C2n1c(CO)n[nH]c1=S. The van der Waals surface area contributed by atoms with Gasteiger partial charge in [0.2, 0.25) is 0 Å². The summed E-state index contributed by atoms with van der Waals surface area (Å²) in [6, 6.07) is 0.345. The van der Waals surface area contributed by atoms with Crippen molar-refractivity contribution in [1.29, 1.82) is 0 Å². The minimum atomic E-state index is -0.0551. The Morgan fingerprint density at radius 3 is 2.78 bits per heavy atom. The van der Waals surface area contributed by atoms with Gasteiger partial charge in [-0.2, -0.15) is 5.10 Å². The molecular formula is C13H21N3OS. The second kappa shape index (κ2) is 3.67. The smallest absolute Gasteiger partial charge is 0.195 e. The van der Waals surface area contributed by atoms with Crippen LogP contribution in [0.25, 0.3) is 0 Å². The van der Waals surface area contributed by atoms with Crippen molar-refractivity contribution in [3.05, 3.63) is 10.6 Å². The van der Waals surface area contributed by atoms with Gasteiger partial charge < -0.3 is 5.11 Å². The molecule has 100 valence electrons. The van der Waals surface area contributed by atoms with Crippen LogP contribution in [0.15, 0.2) is 0 Å². The van der Waals surface area contributed by atoms with Gasteiger partial charge in [0.15, 0.2) is 10.6 Å². The molecule has 18 heavy (non-hydrogen) atoms. The Morgan fingerprint density at radius 1 is 1.50 bits per heavy atom. The quantitative estimate of drug-likeness (QED) is 0.810. The van der Waals surface area contributed by atoms with E-state index in [-0.39, 0.29) is 12.0 Å². The molecule has 5 heteroatoms. The number of nitrogens with zero attached hydrogens (tertiary/aromatic N) is 2. The molecule has 0 saturated heterocycles. The van der Waals surface area contributed by atoms with Crippen LogP contribution in [0.5, 0.6) is 0 Å². The molecule has 1 aromatic rings. The zero-order valence-corrected chi connectivity index (χ0v) is 12.0. The number of aliphatic hydroxyl groups is 1. The van der Waals surface area contributed by atoms with Crippen molar-refractivity contribution in [2.75, 3.05) is 0 Å². The van der Waals surface area contributed by atoms with Crippen molar-refractivity contribution in [3.8, 4) is 0 Å². The number of fused-ring (bicyclic) bond motifs is 2. The summed E-state index contributed by atoms with van der Waals surface area (Å²) in [5.74, 6) is 1.43. The lowest BCUT2D eigenvalue weighted by atomic mass is 9.68. The summed E-state index contributed by atoms with van der Waals surface area (Å²) in [6.07, 6.45) is 3.84. The monoisotopic (exact) mass is 267 g/mol. The molecule has 0 radical (unpaired) electrons. The van der Waals surface area contributed by atoms with Crippen molar-refractivity contribution in [3.63, 3.8) is 0 Å². The van der Waals surface area contributed by atoms with E-state index < -0.39 is 0 Å². The number of hydrogen-bond acceptors (Lipinski definition) is 3. The van der Waals surface area contributed by atoms with Gasteiger partial charge >= 0.3 is 0 Å². The van der Waals surface area contributed by atoms with Gasteiger partial charge in [-0.05, 0) is 48.2 Å². The van der Waals surface area contributed by atoms with Crippen LogP contribution in [0.1, 0.15) is 51.9 Å². The number of rotatable bonds is 2. The first-order valence-electron chi connectivity index (χ1n) is 6.67. The highest BCUT2D eigenvalue weighted by molar-refractivity contribution is 7.71. The molecule has 3 rings (SSSR count). The van der Waals surface area contributed by atoms with Crippen LogP contribution in [0.3, 0.4) is 0 Å². The summed E-state index contributed by atoms with van der Waals surface area (Å²) < 4.78 is 2.72. The molecule has 0 aromatic carbocycles. The molecule has 2 aliphatic rings. The number of hydrogen-bond donors (Lipinski definition) is 2. The van der Waals surface area contributed by atoms with E-state index >= 15 is 0 Å². The zero-order valence-electron chi connectivity index (χ0n) is 11.2. The first-order valence-corrected chi connectivity index (χ1v) is 7.07. The van der Waals surface area contributed by atoms with Gasteiger partial charge in [-0.1, -0.05) is 20.8 Å². The summed E-state index contributed by atoms with van der Waals surface area (Å²) >= 11 is 5.38. The molecule has 1 aromatic heterocycles. The minimum absolute atomic E-state index is 0.0551. The van der Waals surface area contributed by atoms with Crippen LogP contribution < -0.4 is 0 Å². The van der Waals surface area contributed by atoms with Gasteiger partial charge in [0, 0.05) is 6.04 Å².